The minimum absolute atomic E-state index is 0.105. The van der Waals surface area contributed by atoms with Crippen LogP contribution < -0.4 is 11.1 Å². The van der Waals surface area contributed by atoms with E-state index in [4.69, 9.17) is 5.73 Å². The number of thiophene rings is 1. The average molecular weight is 480 g/mol. The normalized spacial score (nSPS) is 11.9. The molecule has 0 bridgehead atoms. The molecule has 0 saturated heterocycles. The average Bonchev–Trinajstić information content (AvgIpc) is 3.01. The number of fused-ring (bicyclic) bond motifs is 1. The number of nitrogens with zero attached hydrogens (tertiary/aromatic N) is 3. The maximum absolute atomic E-state index is 12.5. The van der Waals surface area contributed by atoms with Gasteiger partial charge < -0.3 is 11.1 Å². The molecule has 0 aliphatic rings. The van der Waals surface area contributed by atoms with Gasteiger partial charge in [-0.15, -0.1) is 11.3 Å². The van der Waals surface area contributed by atoms with E-state index < -0.39 is 10.0 Å². The minimum Gasteiger partial charge on any atom is -0.383 e. The number of hydrogen-bond acceptors (Lipinski definition) is 8. The lowest BCUT2D eigenvalue weighted by Gasteiger charge is -2.18. The summed E-state index contributed by atoms with van der Waals surface area (Å²) in [7, 11) is -3.53. The Bertz CT molecular complexity index is 1200. The van der Waals surface area contributed by atoms with Crippen molar-refractivity contribution >= 4 is 60.8 Å². The molecule has 0 saturated carbocycles. The van der Waals surface area contributed by atoms with E-state index in [-0.39, 0.29) is 16.6 Å². The van der Waals surface area contributed by atoms with Crippen LogP contribution in [0.2, 0.25) is 0 Å². The number of nitrogen functional groups attached to an aromatic ring is 1. The first kappa shape index (κ1) is 23.5. The number of nitrogens with two attached hydrogens (primary N) is 1. The van der Waals surface area contributed by atoms with Gasteiger partial charge in [-0.1, -0.05) is 25.6 Å². The molecule has 166 valence electrons. The molecule has 3 N–H and O–H groups in total. The van der Waals surface area contributed by atoms with Crippen molar-refractivity contribution in [3.63, 3.8) is 0 Å². The highest BCUT2D eigenvalue weighted by atomic mass is 32.2. The lowest BCUT2D eigenvalue weighted by molar-refractivity contribution is -0.113. The Hall–Kier alpha value is -2.21. The zero-order valence-corrected chi connectivity index (χ0v) is 20.2. The standard InChI is InChI=1S/C20H25N5O3S3/c1-5-25(6-2)31(27,28)15-9-7-14(8-10-15)22-16(26)11-29-20-23-18(21)17-12(3)13(4)30-19(17)24-20/h7-10H,5-6,11H2,1-4H3,(H,22,26)(H2,21,23,24). The van der Waals surface area contributed by atoms with Crippen LogP contribution in [0.3, 0.4) is 0 Å². The summed E-state index contributed by atoms with van der Waals surface area (Å²) in [6.45, 7) is 8.40. The van der Waals surface area contributed by atoms with Gasteiger partial charge in [-0.3, -0.25) is 4.79 Å². The molecular formula is C20H25N5O3S3. The van der Waals surface area contributed by atoms with E-state index >= 15 is 0 Å². The van der Waals surface area contributed by atoms with Gasteiger partial charge >= 0.3 is 0 Å². The Morgan fingerprint density at radius 2 is 1.81 bits per heavy atom. The van der Waals surface area contributed by atoms with Crippen LogP contribution in [0.5, 0.6) is 0 Å². The highest BCUT2D eigenvalue weighted by Gasteiger charge is 2.21. The Morgan fingerprint density at radius 3 is 2.42 bits per heavy atom. The van der Waals surface area contributed by atoms with Crippen LogP contribution in [-0.2, 0) is 14.8 Å². The molecule has 1 aromatic carbocycles. The van der Waals surface area contributed by atoms with Crippen LogP contribution in [-0.4, -0.2) is 47.4 Å². The predicted molar refractivity (Wildman–Crippen MR) is 127 cm³/mol. The van der Waals surface area contributed by atoms with Crippen molar-refractivity contribution in [3.8, 4) is 0 Å². The number of benzene rings is 1. The predicted octanol–water partition coefficient (Wildman–Crippen LogP) is 3.65. The summed E-state index contributed by atoms with van der Waals surface area (Å²) >= 11 is 2.75. The van der Waals surface area contributed by atoms with Crippen molar-refractivity contribution in [3.05, 3.63) is 34.7 Å². The second kappa shape index (κ2) is 9.51. The fourth-order valence-electron chi connectivity index (χ4n) is 3.07. The fraction of sp³-hybridized carbons (Fsp3) is 0.350. The van der Waals surface area contributed by atoms with Crippen LogP contribution >= 0.6 is 23.1 Å². The molecule has 3 aromatic rings. The number of thioether (sulfide) groups is 1. The van der Waals surface area contributed by atoms with E-state index in [2.05, 4.69) is 15.3 Å². The molecular weight excluding hydrogens is 454 g/mol. The maximum Gasteiger partial charge on any atom is 0.243 e. The number of carbonyl (C=O) groups is 1. The van der Waals surface area contributed by atoms with Gasteiger partial charge in [0.25, 0.3) is 0 Å². The van der Waals surface area contributed by atoms with Crippen LogP contribution in [0.15, 0.2) is 34.3 Å². The first-order valence-electron chi connectivity index (χ1n) is 9.73. The largest absolute Gasteiger partial charge is 0.383 e. The van der Waals surface area contributed by atoms with Gasteiger partial charge in [0.05, 0.1) is 16.0 Å². The van der Waals surface area contributed by atoms with E-state index in [1.54, 1.807) is 37.3 Å². The molecule has 0 fully saturated rings. The number of sulfonamides is 1. The molecule has 2 aromatic heterocycles. The number of carbonyl (C=O) groups excluding carboxylic acids is 1. The molecule has 8 nitrogen and oxygen atoms in total. The Morgan fingerprint density at radius 1 is 1.16 bits per heavy atom. The number of aryl methyl sites for hydroxylation is 2. The number of anilines is 2. The first-order valence-corrected chi connectivity index (χ1v) is 13.0. The quantitative estimate of drug-likeness (QED) is 0.374. The molecule has 31 heavy (non-hydrogen) atoms. The van der Waals surface area contributed by atoms with Crippen molar-refractivity contribution in [1.29, 1.82) is 0 Å². The van der Waals surface area contributed by atoms with Crippen LogP contribution in [0, 0.1) is 13.8 Å². The summed E-state index contributed by atoms with van der Waals surface area (Å²) in [5.41, 5.74) is 7.68. The van der Waals surface area contributed by atoms with E-state index in [1.165, 1.54) is 28.2 Å². The number of rotatable bonds is 8. The van der Waals surface area contributed by atoms with Crippen LogP contribution in [0.25, 0.3) is 10.2 Å². The third-order valence-corrected chi connectivity index (χ3v) is 8.86. The second-order valence-electron chi connectivity index (χ2n) is 6.81. The van der Waals surface area contributed by atoms with Crippen molar-refractivity contribution in [2.75, 3.05) is 29.9 Å². The maximum atomic E-state index is 12.5. The number of nitrogens with one attached hydrogen (secondary N) is 1. The number of amides is 1. The van der Waals surface area contributed by atoms with Crippen LogP contribution in [0.1, 0.15) is 24.3 Å². The van der Waals surface area contributed by atoms with Gasteiger partial charge in [0.1, 0.15) is 10.6 Å². The SMILES string of the molecule is CCN(CC)S(=O)(=O)c1ccc(NC(=O)CSc2nc(N)c3c(C)c(C)sc3n2)cc1. The first-order chi connectivity index (χ1) is 14.7. The molecule has 0 aliphatic carbocycles. The monoisotopic (exact) mass is 479 g/mol. The summed E-state index contributed by atoms with van der Waals surface area (Å²) in [6.07, 6.45) is 0. The molecule has 1 amide bonds. The van der Waals surface area contributed by atoms with E-state index in [9.17, 15) is 13.2 Å². The highest BCUT2D eigenvalue weighted by Crippen LogP contribution is 2.33. The molecule has 3 rings (SSSR count). The number of aromatic nitrogens is 2. The summed E-state index contributed by atoms with van der Waals surface area (Å²) in [4.78, 5) is 23.3. The fourth-order valence-corrected chi connectivity index (χ4v) is 6.28. The summed E-state index contributed by atoms with van der Waals surface area (Å²) in [6, 6.07) is 6.15. The second-order valence-corrected chi connectivity index (χ2v) is 10.9. The smallest absolute Gasteiger partial charge is 0.243 e. The highest BCUT2D eigenvalue weighted by molar-refractivity contribution is 7.99. The Kier molecular flexibility index (Phi) is 7.20. The van der Waals surface area contributed by atoms with E-state index in [0.717, 1.165) is 20.7 Å². The topological polar surface area (TPSA) is 118 Å². The lowest BCUT2D eigenvalue weighted by atomic mass is 10.2. The molecule has 0 radical (unpaired) electrons. The summed E-state index contributed by atoms with van der Waals surface area (Å²) in [5.74, 6) is 0.276. The van der Waals surface area contributed by atoms with Gasteiger partial charge in [0, 0.05) is 23.7 Å². The van der Waals surface area contributed by atoms with Crippen molar-refractivity contribution in [2.24, 2.45) is 0 Å². The molecule has 0 aliphatic heterocycles. The Labute approximate surface area is 190 Å². The van der Waals surface area contributed by atoms with Crippen LogP contribution in [0.4, 0.5) is 11.5 Å². The van der Waals surface area contributed by atoms with Gasteiger partial charge in [0.2, 0.25) is 15.9 Å². The van der Waals surface area contributed by atoms with Gasteiger partial charge in [0.15, 0.2) is 5.16 Å². The van der Waals surface area contributed by atoms with Gasteiger partial charge in [-0.2, -0.15) is 4.31 Å². The van der Waals surface area contributed by atoms with Gasteiger partial charge in [-0.05, 0) is 43.7 Å². The summed E-state index contributed by atoms with van der Waals surface area (Å²) in [5, 5.41) is 4.08. The van der Waals surface area contributed by atoms with Crippen molar-refractivity contribution < 1.29 is 13.2 Å². The minimum atomic E-state index is -3.53. The van der Waals surface area contributed by atoms with Crippen molar-refractivity contribution in [1.82, 2.24) is 14.3 Å². The Balaban J connectivity index is 1.64. The molecule has 0 unspecified atom stereocenters. The zero-order valence-electron chi connectivity index (χ0n) is 17.8. The number of hydrogen-bond donors (Lipinski definition) is 2. The zero-order chi connectivity index (χ0) is 22.8. The molecule has 0 spiro atoms. The van der Waals surface area contributed by atoms with Gasteiger partial charge in [-0.25, -0.2) is 18.4 Å². The third kappa shape index (κ3) is 5.00. The summed E-state index contributed by atoms with van der Waals surface area (Å²) < 4.78 is 26.5. The van der Waals surface area contributed by atoms with E-state index in [1.807, 2.05) is 13.8 Å². The lowest BCUT2D eigenvalue weighted by Crippen LogP contribution is -2.30. The van der Waals surface area contributed by atoms with E-state index in [0.29, 0.717) is 29.8 Å². The third-order valence-electron chi connectivity index (χ3n) is 4.85. The molecule has 11 heteroatoms. The van der Waals surface area contributed by atoms with Crippen molar-refractivity contribution in [2.45, 2.75) is 37.7 Å². The molecule has 0 atom stereocenters. The molecule has 2 heterocycles.